The molecule has 0 unspecified atom stereocenters. The smallest absolute Gasteiger partial charge is 0.185 e. The molecule has 1 heterocycles. The van der Waals surface area contributed by atoms with Gasteiger partial charge < -0.3 is 5.11 Å². The maximum absolute atomic E-state index is 12.9. The lowest BCUT2D eigenvalue weighted by atomic mass is 9.60. The second-order valence-corrected chi connectivity index (χ2v) is 7.82. The van der Waals surface area contributed by atoms with Gasteiger partial charge in [0.2, 0.25) is 0 Å². The summed E-state index contributed by atoms with van der Waals surface area (Å²) in [6, 6.07) is 15.4. The highest BCUT2D eigenvalue weighted by Crippen LogP contribution is 2.51. The van der Waals surface area contributed by atoms with Crippen molar-refractivity contribution < 1.29 is 9.90 Å². The topological polar surface area (TPSA) is 50.2 Å². The van der Waals surface area contributed by atoms with Gasteiger partial charge in [0, 0.05) is 29.0 Å². The highest BCUT2D eigenvalue weighted by Gasteiger charge is 2.46. The number of aromatic nitrogens is 1. The van der Waals surface area contributed by atoms with E-state index < -0.39 is 6.10 Å². The molecule has 1 N–H and O–H groups in total. The van der Waals surface area contributed by atoms with Crippen molar-refractivity contribution in [2.24, 2.45) is 5.41 Å². The van der Waals surface area contributed by atoms with E-state index in [2.05, 4.69) is 17.8 Å². The van der Waals surface area contributed by atoms with Crippen molar-refractivity contribution in [3.05, 3.63) is 83.2 Å². The number of nitrogens with zero attached hydrogens (tertiary/aromatic N) is 1. The predicted molar refractivity (Wildman–Crippen MR) is 117 cm³/mol. The number of carbonyl (C=O) groups is 1. The van der Waals surface area contributed by atoms with E-state index in [9.17, 15) is 9.90 Å². The number of Topliss-reactive ketones (excluding diaryl/α,β-unsaturated/α-hetero) is 1. The number of ketones is 1. The van der Waals surface area contributed by atoms with Crippen molar-refractivity contribution >= 4 is 11.4 Å². The van der Waals surface area contributed by atoms with E-state index in [1.165, 1.54) is 0 Å². The van der Waals surface area contributed by atoms with Crippen LogP contribution in [0.3, 0.4) is 0 Å². The molecule has 2 atom stereocenters. The van der Waals surface area contributed by atoms with E-state index in [0.29, 0.717) is 17.6 Å². The van der Waals surface area contributed by atoms with Crippen molar-refractivity contribution in [3.8, 4) is 12.3 Å². The molecular weight excluding hydrogens is 358 g/mol. The van der Waals surface area contributed by atoms with Gasteiger partial charge in [0.25, 0.3) is 0 Å². The van der Waals surface area contributed by atoms with E-state index in [4.69, 9.17) is 6.42 Å². The summed E-state index contributed by atoms with van der Waals surface area (Å²) in [6.07, 6.45) is 12.0. The summed E-state index contributed by atoms with van der Waals surface area (Å²) in [5, 5.41) is 10.6. The minimum atomic E-state index is -0.418. The first-order chi connectivity index (χ1) is 14.0. The Hall–Kier alpha value is -2.96. The van der Waals surface area contributed by atoms with Crippen LogP contribution < -0.4 is 0 Å². The molecule has 1 fully saturated rings. The van der Waals surface area contributed by atoms with Crippen molar-refractivity contribution in [3.63, 3.8) is 0 Å². The number of allylic oxidation sites excluding steroid dienone is 3. The van der Waals surface area contributed by atoms with Crippen molar-refractivity contribution in [2.45, 2.75) is 45.6 Å². The van der Waals surface area contributed by atoms with Gasteiger partial charge in [-0.05, 0) is 55.9 Å². The van der Waals surface area contributed by atoms with E-state index >= 15 is 0 Å². The number of aliphatic hydroxyl groups is 1. The maximum Gasteiger partial charge on any atom is 0.185 e. The Bertz CT molecular complexity index is 940. The molecule has 29 heavy (non-hydrogen) atoms. The zero-order valence-electron chi connectivity index (χ0n) is 17.1. The van der Waals surface area contributed by atoms with Crippen LogP contribution in [0.15, 0.2) is 77.6 Å². The predicted octanol–water partition coefficient (Wildman–Crippen LogP) is 5.00. The lowest BCUT2D eigenvalue weighted by molar-refractivity contribution is -0.113. The number of pyridine rings is 1. The Kier molecular flexibility index (Phi) is 6.46. The van der Waals surface area contributed by atoms with E-state index in [-0.39, 0.29) is 11.2 Å². The molecule has 0 aliphatic heterocycles. The normalized spacial score (nSPS) is 25.3. The average molecular weight is 386 g/mol. The summed E-state index contributed by atoms with van der Waals surface area (Å²) in [7, 11) is 0. The molecular formula is C26H27NO2. The average Bonchev–Trinajstić information content (AvgIpc) is 2.76. The van der Waals surface area contributed by atoms with Crippen LogP contribution in [0.1, 0.15) is 45.1 Å². The molecule has 1 aromatic heterocycles. The molecule has 0 amide bonds. The highest BCUT2D eigenvalue weighted by atomic mass is 16.3. The second kappa shape index (κ2) is 9.03. The van der Waals surface area contributed by atoms with Crippen LogP contribution in [-0.2, 0) is 4.79 Å². The van der Waals surface area contributed by atoms with Gasteiger partial charge in [0.05, 0.1) is 6.10 Å². The van der Waals surface area contributed by atoms with Crippen LogP contribution in [0.4, 0.5) is 0 Å². The SMILES string of the molecule is C#CC(=C1C[C@@]2(C)C(=C(C)C1=O)CCC[C@@H]2O)c1ccccc1.c1ccncc1. The van der Waals surface area contributed by atoms with E-state index in [1.54, 1.807) is 12.4 Å². The summed E-state index contributed by atoms with van der Waals surface area (Å²) in [5.74, 6) is 2.77. The molecule has 3 heteroatoms. The molecule has 0 spiro atoms. The molecule has 2 aliphatic rings. The summed E-state index contributed by atoms with van der Waals surface area (Å²) in [4.78, 5) is 16.7. The van der Waals surface area contributed by atoms with Crippen LogP contribution in [0.25, 0.3) is 5.57 Å². The largest absolute Gasteiger partial charge is 0.392 e. The highest BCUT2D eigenvalue weighted by molar-refractivity contribution is 6.15. The fraction of sp³-hybridized carbons (Fsp3) is 0.308. The molecule has 4 rings (SSSR count). The quantitative estimate of drug-likeness (QED) is 0.555. The Balaban J connectivity index is 0.000000343. The maximum atomic E-state index is 12.9. The number of fused-ring (bicyclic) bond motifs is 1. The van der Waals surface area contributed by atoms with Gasteiger partial charge in [-0.3, -0.25) is 9.78 Å². The molecule has 1 aromatic carbocycles. The fourth-order valence-electron chi connectivity index (χ4n) is 4.39. The summed E-state index contributed by atoms with van der Waals surface area (Å²) in [5.41, 5.74) is 3.74. The lowest BCUT2D eigenvalue weighted by Crippen LogP contribution is -2.42. The summed E-state index contributed by atoms with van der Waals surface area (Å²) in [6.45, 7) is 3.95. The van der Waals surface area contributed by atoms with Crippen molar-refractivity contribution in [2.75, 3.05) is 0 Å². The molecule has 0 bridgehead atoms. The number of aliphatic hydroxyl groups excluding tert-OH is 1. The van der Waals surface area contributed by atoms with Crippen LogP contribution in [0.5, 0.6) is 0 Å². The fourth-order valence-corrected chi connectivity index (χ4v) is 4.39. The third kappa shape index (κ3) is 4.23. The monoisotopic (exact) mass is 385 g/mol. The van der Waals surface area contributed by atoms with Crippen LogP contribution in [0, 0.1) is 17.8 Å². The van der Waals surface area contributed by atoms with Gasteiger partial charge in [0.1, 0.15) is 0 Å². The molecule has 2 aliphatic carbocycles. The van der Waals surface area contributed by atoms with Crippen LogP contribution in [-0.4, -0.2) is 22.0 Å². The summed E-state index contributed by atoms with van der Waals surface area (Å²) >= 11 is 0. The third-order valence-corrected chi connectivity index (χ3v) is 6.02. The Labute approximate surface area is 173 Å². The minimum Gasteiger partial charge on any atom is -0.392 e. The minimum absolute atomic E-state index is 0.0448. The van der Waals surface area contributed by atoms with E-state index in [1.807, 2.05) is 55.5 Å². The Morgan fingerprint density at radius 3 is 2.38 bits per heavy atom. The molecule has 2 aromatic rings. The van der Waals surface area contributed by atoms with Crippen LogP contribution >= 0.6 is 0 Å². The Morgan fingerprint density at radius 2 is 1.83 bits per heavy atom. The first-order valence-corrected chi connectivity index (χ1v) is 10.0. The number of benzene rings is 1. The number of carbonyl (C=O) groups excluding carboxylic acids is 1. The third-order valence-electron chi connectivity index (χ3n) is 6.02. The van der Waals surface area contributed by atoms with E-state index in [0.717, 1.165) is 36.0 Å². The molecule has 3 nitrogen and oxygen atoms in total. The molecule has 1 saturated carbocycles. The number of rotatable bonds is 1. The van der Waals surface area contributed by atoms with Crippen molar-refractivity contribution in [1.82, 2.24) is 4.98 Å². The molecule has 0 radical (unpaired) electrons. The van der Waals surface area contributed by atoms with Gasteiger partial charge in [0.15, 0.2) is 5.78 Å². The van der Waals surface area contributed by atoms with Gasteiger partial charge in [-0.25, -0.2) is 0 Å². The van der Waals surface area contributed by atoms with Gasteiger partial charge >= 0.3 is 0 Å². The number of hydrogen-bond acceptors (Lipinski definition) is 3. The standard InChI is InChI=1S/C21H22O2.C5H5N/c1-4-16(15-9-6-5-7-10-15)17-13-21(3)18(14(2)20(17)23)11-8-12-19(21)22;1-2-4-6-5-3-1/h1,5-7,9-10,19,22H,8,11-13H2,2-3H3;1-5H/t19-,21-;/m0./s1. The van der Waals surface area contributed by atoms with Crippen LogP contribution in [0.2, 0.25) is 0 Å². The number of terminal acetylenes is 1. The first-order valence-electron chi connectivity index (χ1n) is 10.0. The first kappa shape index (κ1) is 20.8. The van der Waals surface area contributed by atoms with Gasteiger partial charge in [-0.1, -0.05) is 54.8 Å². The zero-order valence-corrected chi connectivity index (χ0v) is 17.1. The molecule has 0 saturated heterocycles. The van der Waals surface area contributed by atoms with Crippen molar-refractivity contribution in [1.29, 1.82) is 0 Å². The Morgan fingerprint density at radius 1 is 1.17 bits per heavy atom. The van der Waals surface area contributed by atoms with Gasteiger partial charge in [-0.15, -0.1) is 6.42 Å². The lowest BCUT2D eigenvalue weighted by Gasteiger charge is -2.45. The summed E-state index contributed by atoms with van der Waals surface area (Å²) < 4.78 is 0. The van der Waals surface area contributed by atoms with Gasteiger partial charge in [-0.2, -0.15) is 0 Å². The molecule has 148 valence electrons. The second-order valence-electron chi connectivity index (χ2n) is 7.82. The zero-order chi connectivity index (χ0) is 20.9. The number of hydrogen-bond donors (Lipinski definition) is 1.